The smallest absolute Gasteiger partial charge is 0.143 e. The Balaban J connectivity index is 0.632. The molecular weight excluding hydrogens is 1360 g/mol. The Morgan fingerprint density at radius 1 is 0.295 bits per heavy atom. The van der Waals surface area contributed by atoms with Crippen LogP contribution in [0.5, 0.6) is 0 Å². The summed E-state index contributed by atoms with van der Waals surface area (Å²) in [5, 5.41) is 4.73. The van der Waals surface area contributed by atoms with Crippen molar-refractivity contribution in [3.8, 4) is 89.0 Å². The van der Waals surface area contributed by atoms with Crippen molar-refractivity contribution in [2.24, 2.45) is 0 Å². The number of fused-ring (bicyclic) bond motifs is 23. The van der Waals surface area contributed by atoms with E-state index in [9.17, 15) is 0 Å². The van der Waals surface area contributed by atoms with Gasteiger partial charge in [0.15, 0.2) is 0 Å². The Morgan fingerprint density at radius 2 is 0.732 bits per heavy atom. The number of rotatable bonds is 18. The first-order valence-corrected chi connectivity index (χ1v) is 42.1. The number of anilines is 3. The monoisotopic (exact) mass is 1460 g/mol. The van der Waals surface area contributed by atoms with Gasteiger partial charge in [-0.15, -0.1) is 0 Å². The Hall–Kier alpha value is -10.7. The highest BCUT2D eigenvalue weighted by molar-refractivity contribution is 6.19. The van der Waals surface area contributed by atoms with Crippen molar-refractivity contribution in [3.63, 3.8) is 0 Å². The molecule has 3 heteroatoms. The summed E-state index contributed by atoms with van der Waals surface area (Å²) in [7, 11) is 0. The first-order valence-electron chi connectivity index (χ1n) is 42.1. The quantitative estimate of drug-likeness (QED) is 0.0802. The van der Waals surface area contributed by atoms with Crippen molar-refractivity contribution in [2.45, 2.75) is 200 Å². The molecule has 15 aromatic rings. The Labute approximate surface area is 662 Å². The zero-order valence-electron chi connectivity index (χ0n) is 67.8. The third-order valence-corrected chi connectivity index (χ3v) is 27.9. The van der Waals surface area contributed by atoms with E-state index in [1.165, 1.54) is 227 Å². The molecule has 0 spiro atoms. The van der Waals surface area contributed by atoms with E-state index in [1.807, 2.05) is 0 Å². The van der Waals surface area contributed by atoms with E-state index in [0.717, 1.165) is 50.2 Å². The van der Waals surface area contributed by atoms with E-state index >= 15 is 0 Å². The molecule has 5 aliphatic carbocycles. The van der Waals surface area contributed by atoms with Crippen LogP contribution in [0, 0.1) is 0 Å². The third kappa shape index (κ3) is 10.4. The highest BCUT2D eigenvalue weighted by atomic mass is 16.3. The molecule has 0 N–H and O–H groups in total. The normalized spacial score (nSPS) is 15.6. The van der Waals surface area contributed by atoms with E-state index in [0.29, 0.717) is 0 Å². The average Bonchev–Trinajstić information content (AvgIpc) is 1.57. The summed E-state index contributed by atoms with van der Waals surface area (Å²) in [5.41, 5.74) is 42.1. The van der Waals surface area contributed by atoms with Crippen LogP contribution >= 0.6 is 0 Å². The lowest BCUT2D eigenvalue weighted by molar-refractivity contribution is 0.399. The second-order valence-electron chi connectivity index (χ2n) is 36.9. The van der Waals surface area contributed by atoms with Crippen LogP contribution in [-0.2, 0) is 32.5 Å². The maximum Gasteiger partial charge on any atom is 0.143 e. The Kier molecular flexibility index (Phi) is 16.1. The van der Waals surface area contributed by atoms with E-state index in [2.05, 4.69) is 338 Å². The summed E-state index contributed by atoms with van der Waals surface area (Å²) in [6.45, 7) is 31.2. The first-order chi connectivity index (χ1) is 54.1. The molecule has 13 aromatic carbocycles. The van der Waals surface area contributed by atoms with Gasteiger partial charge in [0, 0.05) is 71.2 Å². The number of unbranched alkanes of at least 4 members (excludes halogenated alkanes) is 8. The summed E-state index contributed by atoms with van der Waals surface area (Å²) < 4.78 is 13.7. The summed E-state index contributed by atoms with van der Waals surface area (Å²) in [5.74, 6) is 0. The molecule has 0 amide bonds. The second-order valence-corrected chi connectivity index (χ2v) is 36.9. The molecule has 0 atom stereocenters. The molecular formula is C109H103NO2. The number of nitrogens with zero attached hydrogens (tertiary/aromatic N) is 1. The van der Waals surface area contributed by atoms with Crippen LogP contribution in [0.25, 0.3) is 133 Å². The maximum atomic E-state index is 7.16. The van der Waals surface area contributed by atoms with Gasteiger partial charge >= 0.3 is 0 Å². The highest BCUT2D eigenvalue weighted by Gasteiger charge is 2.47. The van der Waals surface area contributed by atoms with Gasteiger partial charge in [-0.25, -0.2) is 0 Å². The zero-order valence-corrected chi connectivity index (χ0v) is 67.8. The molecule has 2 aromatic heterocycles. The standard InChI is InChI=1S/C109H103NO2/c1-14-16-18-20-30-56-109(57-31-21-19-17-15-2)84-35-25-22-32-73(84)76-51-46-70(60-93(76)109)69-45-50-75-74-49-44-68(58-87(74)106(8,9)88(75)59-69)66-40-42-67(43-41-66)81-63-94-99(102-80-34-24-29-39-97(80)112-103(81)102)78-53-48-72(62-90(78)108(94,12)13)110(95-37-27-26-36-85(95)104(3,4)5)71-47-52-77-82-64-92-83(65-91(82)107(10,11)89(77)61-71)100-86(105(92,6)7)54-55-98-101(100)79-33-23-28-38-96(79)111-98/h22-29,32-55,58-65H,14-21,30-31,56-57H2,1-13H3. The van der Waals surface area contributed by atoms with Gasteiger partial charge in [-0.1, -0.05) is 312 Å². The SMILES string of the molecule is CCCCCCCC1(CCCCCCC)c2ccccc2-c2ccc(-c3ccc4c(c3)C(C)(C)c3cc(-c5ccc(-c6cc7c(c8c6oc6ccccc68)-c6ccc(N(c8ccc9c(c8)C(C)(C)c8cc%10c(cc8-9)C(C)(C)c8ccc9oc%11ccccc%11c9c8-%10)c8ccccc8C(C)(C)C)cc6C7(C)C)cc5)ccc3-4)cc21. The summed E-state index contributed by atoms with van der Waals surface area (Å²) in [6.07, 6.45) is 15.5. The molecule has 5 aliphatic rings. The lowest BCUT2D eigenvalue weighted by atomic mass is 9.70. The molecule has 0 unspecified atom stereocenters. The molecule has 0 aliphatic heterocycles. The van der Waals surface area contributed by atoms with E-state index in [-0.39, 0.29) is 32.5 Å². The van der Waals surface area contributed by atoms with Gasteiger partial charge in [-0.3, -0.25) is 0 Å². The summed E-state index contributed by atoms with van der Waals surface area (Å²) >= 11 is 0. The summed E-state index contributed by atoms with van der Waals surface area (Å²) in [6, 6.07) is 94.1. The van der Waals surface area contributed by atoms with Gasteiger partial charge in [0.05, 0.1) is 0 Å². The number of furan rings is 2. The fourth-order valence-electron chi connectivity index (χ4n) is 21.9. The van der Waals surface area contributed by atoms with E-state index in [1.54, 1.807) is 11.1 Å². The van der Waals surface area contributed by atoms with E-state index < -0.39 is 0 Å². The molecule has 556 valence electrons. The first kappa shape index (κ1) is 70.4. The van der Waals surface area contributed by atoms with Crippen LogP contribution in [0.15, 0.2) is 251 Å². The fraction of sp³-hybridized carbons (Fsp3) is 0.284. The van der Waals surface area contributed by atoms with Crippen LogP contribution in [0.2, 0.25) is 0 Å². The van der Waals surface area contributed by atoms with Gasteiger partial charge in [0.1, 0.15) is 22.3 Å². The van der Waals surface area contributed by atoms with Crippen molar-refractivity contribution in [3.05, 3.63) is 304 Å². The molecule has 0 bridgehead atoms. The van der Waals surface area contributed by atoms with Gasteiger partial charge in [-0.2, -0.15) is 0 Å². The van der Waals surface area contributed by atoms with Crippen molar-refractivity contribution >= 4 is 60.9 Å². The summed E-state index contributed by atoms with van der Waals surface area (Å²) in [4.78, 5) is 2.57. The van der Waals surface area contributed by atoms with Crippen LogP contribution in [0.1, 0.15) is 228 Å². The van der Waals surface area contributed by atoms with Crippen LogP contribution in [0.4, 0.5) is 17.1 Å². The van der Waals surface area contributed by atoms with Crippen LogP contribution in [0.3, 0.4) is 0 Å². The number of hydrogen-bond donors (Lipinski definition) is 0. The van der Waals surface area contributed by atoms with Gasteiger partial charge in [-0.05, 0) is 248 Å². The lowest BCUT2D eigenvalue weighted by Gasteiger charge is -2.33. The Bertz CT molecular complexity index is 6390. The number of benzene rings is 13. The zero-order chi connectivity index (χ0) is 76.7. The number of para-hydroxylation sites is 3. The molecule has 0 saturated heterocycles. The van der Waals surface area contributed by atoms with E-state index in [4.69, 9.17) is 8.83 Å². The van der Waals surface area contributed by atoms with Crippen molar-refractivity contribution in [2.75, 3.05) is 4.90 Å². The van der Waals surface area contributed by atoms with Crippen LogP contribution < -0.4 is 4.90 Å². The molecule has 3 nitrogen and oxygen atoms in total. The van der Waals surface area contributed by atoms with Crippen molar-refractivity contribution in [1.82, 2.24) is 0 Å². The van der Waals surface area contributed by atoms with Gasteiger partial charge < -0.3 is 13.7 Å². The van der Waals surface area contributed by atoms with Crippen molar-refractivity contribution < 1.29 is 8.83 Å². The maximum absolute atomic E-state index is 7.16. The highest BCUT2D eigenvalue weighted by Crippen LogP contribution is 2.63. The van der Waals surface area contributed by atoms with Gasteiger partial charge in [0.2, 0.25) is 0 Å². The molecule has 0 fully saturated rings. The lowest BCUT2D eigenvalue weighted by Crippen LogP contribution is -2.25. The minimum atomic E-state index is -0.379. The fourth-order valence-corrected chi connectivity index (χ4v) is 21.9. The molecule has 0 saturated carbocycles. The average molecular weight is 1460 g/mol. The number of hydrogen-bond acceptors (Lipinski definition) is 3. The minimum absolute atomic E-state index is 0.0446. The second kappa shape index (κ2) is 25.6. The molecule has 20 rings (SSSR count). The predicted octanol–water partition coefficient (Wildman–Crippen LogP) is 31.5. The molecule has 112 heavy (non-hydrogen) atoms. The van der Waals surface area contributed by atoms with Gasteiger partial charge in [0.25, 0.3) is 0 Å². The largest absolute Gasteiger partial charge is 0.456 e. The minimum Gasteiger partial charge on any atom is -0.456 e. The molecule has 0 radical (unpaired) electrons. The molecule has 2 heterocycles. The topological polar surface area (TPSA) is 29.5 Å². The Morgan fingerprint density at radius 3 is 1.38 bits per heavy atom. The predicted molar refractivity (Wildman–Crippen MR) is 474 cm³/mol. The van der Waals surface area contributed by atoms with Crippen molar-refractivity contribution in [1.29, 1.82) is 0 Å². The van der Waals surface area contributed by atoms with Crippen LogP contribution in [-0.4, -0.2) is 0 Å². The third-order valence-electron chi connectivity index (χ3n) is 27.9.